The normalized spacial score (nSPS) is 25.3. The van der Waals surface area contributed by atoms with Gasteiger partial charge in [-0.25, -0.2) is 0 Å². The van der Waals surface area contributed by atoms with E-state index in [1.54, 1.807) is 9.36 Å². The highest BCUT2D eigenvalue weighted by Gasteiger charge is 2.63. The van der Waals surface area contributed by atoms with Crippen molar-refractivity contribution in [1.29, 1.82) is 0 Å². The lowest BCUT2D eigenvalue weighted by Crippen LogP contribution is -2.41. The summed E-state index contributed by atoms with van der Waals surface area (Å²) in [6, 6.07) is 7.89. The minimum atomic E-state index is -0.483. The highest BCUT2D eigenvalue weighted by atomic mass is 79.9. The van der Waals surface area contributed by atoms with Crippen LogP contribution in [-0.2, 0) is 51.6 Å². The summed E-state index contributed by atoms with van der Waals surface area (Å²) in [6.07, 6.45) is 4.80. The van der Waals surface area contributed by atoms with E-state index in [9.17, 15) is 9.59 Å². The molecular formula is C46H68B3BrN6O10. The van der Waals surface area contributed by atoms with Gasteiger partial charge in [0.25, 0.3) is 0 Å². The third-order valence-corrected chi connectivity index (χ3v) is 15.1. The number of amides is 2. The van der Waals surface area contributed by atoms with Crippen LogP contribution in [0.5, 0.6) is 11.5 Å². The highest BCUT2D eigenvalue weighted by Crippen LogP contribution is 2.43. The lowest BCUT2D eigenvalue weighted by Gasteiger charge is -2.32. The third-order valence-electron chi connectivity index (χ3n) is 14.7. The molecule has 0 saturated carbocycles. The maximum absolute atomic E-state index is 11.6. The van der Waals surface area contributed by atoms with Crippen molar-refractivity contribution in [1.82, 2.24) is 30.2 Å². The van der Waals surface area contributed by atoms with Crippen molar-refractivity contribution in [2.45, 2.75) is 156 Å². The number of hydrogen-bond donors (Lipinski definition) is 2. The molecule has 5 aliphatic rings. The SMILES string of the molecule is CC1(C)OB(B2OC(C)(C)C(C)(C)O2)OC1(C)C.C[C@@H](Oc1cc(B2OC(C)(C)C(C)(C)O2)cc2nn(C)cc12)[C@H]1CNC(=O)C1.C[C@@H](Oc1cc(Br)cc2nn(C)cc12)[C@H]1CNC(=O)C1. The number of nitrogens with zero attached hydrogens (tertiary/aromatic N) is 4. The van der Waals surface area contributed by atoms with Gasteiger partial charge >= 0.3 is 21.1 Å². The molecule has 0 spiro atoms. The van der Waals surface area contributed by atoms with Crippen molar-refractivity contribution < 1.29 is 47.0 Å². The van der Waals surface area contributed by atoms with Crippen LogP contribution in [0.4, 0.5) is 0 Å². The Hall–Kier alpha value is -3.65. The van der Waals surface area contributed by atoms with E-state index in [0.29, 0.717) is 25.9 Å². The van der Waals surface area contributed by atoms with Crippen molar-refractivity contribution >= 4 is 76.1 Å². The second-order valence-electron chi connectivity index (χ2n) is 21.4. The summed E-state index contributed by atoms with van der Waals surface area (Å²) >= 11 is 3.48. The molecule has 66 heavy (non-hydrogen) atoms. The molecule has 2 N–H and O–H groups in total. The van der Waals surface area contributed by atoms with Crippen molar-refractivity contribution in [2.24, 2.45) is 25.9 Å². The van der Waals surface area contributed by atoms with Crippen LogP contribution in [0.25, 0.3) is 21.8 Å². The fraction of sp³-hybridized carbons (Fsp3) is 0.652. The molecule has 2 aromatic carbocycles. The first-order valence-corrected chi connectivity index (χ1v) is 23.8. The van der Waals surface area contributed by atoms with Gasteiger partial charge in [0.05, 0.1) is 55.4 Å². The van der Waals surface area contributed by atoms with Crippen LogP contribution in [0.15, 0.2) is 41.1 Å². The number of halogens is 1. The molecule has 4 atom stereocenters. The summed E-state index contributed by atoms with van der Waals surface area (Å²) in [5, 5.41) is 16.6. The van der Waals surface area contributed by atoms with Gasteiger partial charge in [-0.05, 0) is 127 Å². The molecular weight excluding hydrogens is 909 g/mol. The lowest BCUT2D eigenvalue weighted by atomic mass is 9.49. The zero-order valence-electron chi connectivity index (χ0n) is 41.6. The minimum Gasteiger partial charge on any atom is -0.490 e. The molecule has 20 heteroatoms. The number of nitrogens with one attached hydrogen (secondary N) is 2. The Balaban J connectivity index is 0.000000152. The van der Waals surface area contributed by atoms with Crippen molar-refractivity contribution in [3.63, 3.8) is 0 Å². The number of aromatic nitrogens is 4. The van der Waals surface area contributed by atoms with E-state index in [0.717, 1.165) is 43.2 Å². The number of fused-ring (bicyclic) bond motifs is 2. The predicted molar refractivity (Wildman–Crippen MR) is 259 cm³/mol. The molecule has 358 valence electrons. The molecule has 0 radical (unpaired) electrons. The molecule has 5 saturated heterocycles. The number of hydrogen-bond acceptors (Lipinski definition) is 12. The summed E-state index contributed by atoms with van der Waals surface area (Å²) < 4.78 is 53.2. The Kier molecular flexibility index (Phi) is 13.7. The summed E-state index contributed by atoms with van der Waals surface area (Å²) in [5.74, 6) is 2.09. The molecule has 5 fully saturated rings. The number of carbonyl (C=O) groups is 2. The minimum absolute atomic E-state index is 0.0216. The van der Waals surface area contributed by atoms with Gasteiger partial charge in [0.1, 0.15) is 23.7 Å². The average Bonchev–Trinajstić information content (AvgIpc) is 4.05. The number of ether oxygens (including phenoxy) is 2. The summed E-state index contributed by atoms with van der Waals surface area (Å²) in [5.41, 5.74) is 0.335. The summed E-state index contributed by atoms with van der Waals surface area (Å²) in [4.78, 5) is 22.9. The van der Waals surface area contributed by atoms with E-state index in [1.807, 2.05) is 148 Å². The molecule has 0 aliphatic carbocycles. The van der Waals surface area contributed by atoms with Crippen molar-refractivity contribution in [2.75, 3.05) is 13.1 Å². The Morgan fingerprint density at radius 1 is 0.606 bits per heavy atom. The maximum Gasteiger partial charge on any atom is 0.495 e. The summed E-state index contributed by atoms with van der Waals surface area (Å²) in [7, 11) is 2.35. The van der Waals surface area contributed by atoms with Crippen LogP contribution in [0.1, 0.15) is 110 Å². The van der Waals surface area contributed by atoms with Crippen LogP contribution >= 0.6 is 15.9 Å². The molecule has 2 amide bonds. The smallest absolute Gasteiger partial charge is 0.490 e. The number of aryl methyl sites for hydroxylation is 2. The molecule has 16 nitrogen and oxygen atoms in total. The Bertz CT molecular complexity index is 2380. The first kappa shape index (κ1) is 50.2. The zero-order valence-corrected chi connectivity index (χ0v) is 43.2. The van der Waals surface area contributed by atoms with Gasteiger partial charge < -0.3 is 48.0 Å². The van der Waals surface area contributed by atoms with Gasteiger partial charge in [0, 0.05) is 68.7 Å². The van der Waals surface area contributed by atoms with Crippen LogP contribution < -0.4 is 25.6 Å². The largest absolute Gasteiger partial charge is 0.495 e. The van der Waals surface area contributed by atoms with Crippen molar-refractivity contribution in [3.05, 3.63) is 41.1 Å². The molecule has 9 rings (SSSR count). The average molecular weight is 977 g/mol. The van der Waals surface area contributed by atoms with E-state index in [-0.39, 0.29) is 58.3 Å². The number of benzene rings is 2. The van der Waals surface area contributed by atoms with E-state index >= 15 is 0 Å². The quantitative estimate of drug-likeness (QED) is 0.191. The van der Waals surface area contributed by atoms with Gasteiger partial charge in [0.15, 0.2) is 0 Å². The number of carbonyl (C=O) groups excluding carboxylic acids is 2. The van der Waals surface area contributed by atoms with Gasteiger partial charge in [-0.15, -0.1) is 0 Å². The highest BCUT2D eigenvalue weighted by molar-refractivity contribution is 9.10. The summed E-state index contributed by atoms with van der Waals surface area (Å²) in [6.45, 7) is 29.7. The standard InChI is InChI=1S/C20H28BN3O4.C14H16BrN3O2.C12H24B2O4/c1-12(13-7-18(25)22-10-13)26-17-9-14(8-16-15(17)11-24(6)23-16)21-27-19(2,3)20(4,5)28-21;1-8(9-3-14(19)16-6-9)20-13-5-10(15)4-12-11(13)7-18(2)17-12;1-9(2)10(3,4)16-13(15-9)14-17-11(5,6)12(7,8)18-14/h8-9,11-13H,7,10H2,1-6H3,(H,22,25);4-5,7-9H,3,6H2,1-2H3,(H,16,19);1-8H3/t12-,13-;8-,9-;/m11./s1. The van der Waals surface area contributed by atoms with Gasteiger partial charge in [0.2, 0.25) is 11.8 Å². The van der Waals surface area contributed by atoms with Gasteiger partial charge in [-0.3, -0.25) is 19.0 Å². The second-order valence-corrected chi connectivity index (χ2v) is 22.3. The van der Waals surface area contributed by atoms with Gasteiger partial charge in [-0.1, -0.05) is 15.9 Å². The maximum atomic E-state index is 11.6. The van der Waals surface area contributed by atoms with Crippen LogP contribution in [-0.4, -0.2) is 111 Å². The van der Waals surface area contributed by atoms with E-state index < -0.39 is 32.3 Å². The van der Waals surface area contributed by atoms with E-state index in [2.05, 4.69) is 36.8 Å². The fourth-order valence-electron chi connectivity index (χ4n) is 8.23. The molecule has 0 bridgehead atoms. The molecule has 5 aliphatic heterocycles. The second kappa shape index (κ2) is 18.0. The first-order chi connectivity index (χ1) is 30.5. The fourth-order valence-corrected chi connectivity index (χ4v) is 8.65. The van der Waals surface area contributed by atoms with Crippen LogP contribution in [0.3, 0.4) is 0 Å². The molecule has 2 aromatic heterocycles. The Morgan fingerprint density at radius 3 is 1.35 bits per heavy atom. The Labute approximate surface area is 399 Å². The lowest BCUT2D eigenvalue weighted by molar-refractivity contribution is -0.120. The third kappa shape index (κ3) is 10.3. The van der Waals surface area contributed by atoms with Crippen LogP contribution in [0.2, 0.25) is 0 Å². The molecule has 4 aromatic rings. The molecule has 0 unspecified atom stereocenters. The topological polar surface area (TPSA) is 168 Å². The monoisotopic (exact) mass is 976 g/mol. The van der Waals surface area contributed by atoms with E-state index in [4.69, 9.17) is 37.4 Å². The predicted octanol–water partition coefficient (Wildman–Crippen LogP) is 6.26. The van der Waals surface area contributed by atoms with E-state index in [1.165, 1.54) is 0 Å². The molecule has 7 heterocycles. The number of rotatable bonds is 8. The van der Waals surface area contributed by atoms with Gasteiger partial charge in [-0.2, -0.15) is 10.2 Å². The first-order valence-electron chi connectivity index (χ1n) is 23.0. The van der Waals surface area contributed by atoms with Crippen LogP contribution in [0, 0.1) is 11.8 Å². The zero-order chi connectivity index (χ0) is 48.5. The van der Waals surface area contributed by atoms with Crippen molar-refractivity contribution in [3.8, 4) is 11.5 Å². The Morgan fingerprint density at radius 2 is 0.970 bits per heavy atom.